The van der Waals surface area contributed by atoms with Crippen LogP contribution in [0.25, 0.3) is 0 Å². The van der Waals surface area contributed by atoms with Gasteiger partial charge in [0.15, 0.2) is 46.0 Å². The number of ether oxygens (including phenoxy) is 8. The van der Waals surface area contributed by atoms with Crippen molar-refractivity contribution < 1.29 is 78.7 Å². The van der Waals surface area contributed by atoms with Gasteiger partial charge < -0.3 is 78.7 Å². The van der Waals surface area contributed by atoms with Crippen LogP contribution >= 0.6 is 0 Å². The van der Waals surface area contributed by atoms with Gasteiger partial charge in [0.2, 0.25) is 0 Å². The van der Waals surface area contributed by atoms with E-state index in [1.165, 1.54) is 48.5 Å². The Morgan fingerprint density at radius 1 is 0.214 bits per heavy atom. The number of phenols is 8. The van der Waals surface area contributed by atoms with Crippen molar-refractivity contribution in [2.45, 2.75) is 79.1 Å². The normalized spacial score (nSPS) is 15.4. The van der Waals surface area contributed by atoms with Crippen molar-refractivity contribution in [1.82, 2.24) is 0 Å². The van der Waals surface area contributed by atoms with Crippen LogP contribution in [0, 0.1) is 0 Å². The number of phenolic OH excluding ortho intramolecular Hbond substituents is 8. The molecule has 8 aromatic carbocycles. The van der Waals surface area contributed by atoms with Gasteiger partial charge in [-0.1, -0.05) is 24.3 Å². The number of aromatic hydroxyl groups is 8. The molecule has 8 aromatic rings. The molecule has 0 saturated carbocycles. The molecule has 8 N–H and O–H groups in total. The maximum absolute atomic E-state index is 12.9. The lowest BCUT2D eigenvalue weighted by molar-refractivity contribution is 0.317. The Hall–Kier alpha value is -9.44. The van der Waals surface area contributed by atoms with E-state index >= 15 is 0 Å². The van der Waals surface area contributed by atoms with Crippen LogP contribution in [-0.2, 0) is 0 Å². The van der Waals surface area contributed by atoms with Crippen molar-refractivity contribution in [3.63, 3.8) is 0 Å². The lowest BCUT2D eigenvalue weighted by Crippen LogP contribution is -2.15. The molecule has 0 saturated heterocycles. The largest absolute Gasteiger partial charge is 0.507 e. The third-order valence-corrected chi connectivity index (χ3v) is 14.8. The zero-order valence-electron chi connectivity index (χ0n) is 48.4. The number of benzene rings is 8. The second-order valence-corrected chi connectivity index (χ2v) is 19.9. The lowest BCUT2D eigenvalue weighted by atomic mass is 9.75. The highest BCUT2D eigenvalue weighted by Crippen LogP contribution is 2.56. The van der Waals surface area contributed by atoms with Crippen molar-refractivity contribution in [2.24, 2.45) is 0 Å². The average Bonchev–Trinajstić information content (AvgIpc) is 1.35. The van der Waals surface area contributed by atoms with Crippen LogP contribution < -0.4 is 37.9 Å². The fraction of sp³-hybridized carbons (Fsp3) is 0.294. The summed E-state index contributed by atoms with van der Waals surface area (Å²) in [5.41, 5.74) is 4.91. The van der Waals surface area contributed by atoms with Crippen LogP contribution in [0.5, 0.6) is 92.0 Å². The predicted molar refractivity (Wildman–Crippen MR) is 318 cm³/mol. The third kappa shape index (κ3) is 11.7. The Balaban J connectivity index is 1.56. The molecule has 1 aliphatic rings. The molecule has 0 spiro atoms. The van der Waals surface area contributed by atoms with E-state index in [1.54, 1.807) is 101 Å². The van der Waals surface area contributed by atoms with Crippen molar-refractivity contribution in [1.29, 1.82) is 0 Å². The second kappa shape index (κ2) is 25.8. The highest BCUT2D eigenvalue weighted by molar-refractivity contribution is 5.69. The molecule has 1 aliphatic carbocycles. The first kappa shape index (κ1) is 59.2. The maximum Gasteiger partial charge on any atom is 0.161 e. The van der Waals surface area contributed by atoms with Crippen LogP contribution in [0.4, 0.5) is 0 Å². The van der Waals surface area contributed by atoms with Gasteiger partial charge in [-0.3, -0.25) is 0 Å². The monoisotopic (exact) mass is 1140 g/mol. The Labute approximate surface area is 488 Å². The van der Waals surface area contributed by atoms with Crippen molar-refractivity contribution >= 4 is 0 Å². The van der Waals surface area contributed by atoms with Crippen molar-refractivity contribution in [2.75, 3.05) is 52.9 Å². The molecule has 0 amide bonds. The van der Waals surface area contributed by atoms with E-state index in [9.17, 15) is 40.9 Å². The highest BCUT2D eigenvalue weighted by atomic mass is 16.5. The van der Waals surface area contributed by atoms with Gasteiger partial charge in [0.05, 0.1) is 52.9 Å². The molecule has 16 heteroatoms. The summed E-state index contributed by atoms with van der Waals surface area (Å²) >= 11 is 0. The van der Waals surface area contributed by atoms with E-state index in [-0.39, 0.29) is 162 Å². The molecular weight excluding hydrogens is 1070 g/mol. The summed E-state index contributed by atoms with van der Waals surface area (Å²) in [4.78, 5) is 0. The summed E-state index contributed by atoms with van der Waals surface area (Å²) in [5, 5.41) is 96.3. The van der Waals surface area contributed by atoms with E-state index in [4.69, 9.17) is 37.9 Å². The molecule has 8 bridgehead atoms. The summed E-state index contributed by atoms with van der Waals surface area (Å²) < 4.78 is 50.2. The Morgan fingerprint density at radius 3 is 0.595 bits per heavy atom. The van der Waals surface area contributed by atoms with Crippen molar-refractivity contribution in [3.8, 4) is 92.0 Å². The molecule has 9 rings (SSSR count). The molecule has 0 aromatic heterocycles. The Bertz CT molecular complexity index is 3670. The van der Waals surface area contributed by atoms with Gasteiger partial charge in [0.1, 0.15) is 46.0 Å². The van der Waals surface area contributed by atoms with Gasteiger partial charge in [-0.25, -0.2) is 0 Å². The fourth-order valence-corrected chi connectivity index (χ4v) is 11.4. The molecule has 0 fully saturated rings. The predicted octanol–water partition coefficient (Wildman–Crippen LogP) is 13.6. The molecule has 0 radical (unpaired) electrons. The topological polar surface area (TPSA) is 236 Å². The summed E-state index contributed by atoms with van der Waals surface area (Å²) in [6, 6.07) is 32.8. The quantitative estimate of drug-likeness (QED) is 0.0354. The van der Waals surface area contributed by atoms with Gasteiger partial charge in [-0.15, -0.1) is 0 Å². The zero-order valence-corrected chi connectivity index (χ0v) is 48.4. The molecule has 16 nitrogen and oxygen atoms in total. The van der Waals surface area contributed by atoms with E-state index in [1.807, 2.05) is 26.8 Å². The van der Waals surface area contributed by atoms with Gasteiger partial charge in [0.25, 0.3) is 0 Å². The molecule has 0 aliphatic heterocycles. The smallest absolute Gasteiger partial charge is 0.161 e. The number of hydrogen-bond acceptors (Lipinski definition) is 16. The first-order chi connectivity index (χ1) is 40.6. The minimum absolute atomic E-state index is 0.121. The number of hydrogen-bond donors (Lipinski definition) is 8. The highest BCUT2D eigenvalue weighted by Gasteiger charge is 2.37. The molecule has 84 heavy (non-hydrogen) atoms. The Kier molecular flexibility index (Phi) is 18.2. The average molecular weight is 1150 g/mol. The Morgan fingerprint density at radius 2 is 0.393 bits per heavy atom. The second-order valence-electron chi connectivity index (χ2n) is 19.9. The lowest BCUT2D eigenvalue weighted by Gasteiger charge is -2.31. The molecular formula is C68H72O16. The summed E-state index contributed by atoms with van der Waals surface area (Å²) in [5.74, 6) is -4.01. The number of rotatable bonds is 20. The minimum atomic E-state index is -1.11. The van der Waals surface area contributed by atoms with Crippen LogP contribution in [0.15, 0.2) is 121 Å². The first-order valence-corrected chi connectivity index (χ1v) is 28.4. The SMILES string of the molecule is CCOc1cc(C2c3cc(c(OCC)cc3O)C(c3ccc(O)c(OCC)c3)c3cc(c(OCC)cc3O)C(c3ccc(O)c(OCC)c3)c3cc(c(OCC)cc3O)C(c3ccc(O)c(OCC)c3)c3cc2c(O)cc3OCC)ccc1O. The van der Waals surface area contributed by atoms with Crippen molar-refractivity contribution in [3.05, 3.63) is 188 Å². The van der Waals surface area contributed by atoms with Crippen LogP contribution in [-0.4, -0.2) is 93.7 Å². The fourth-order valence-electron chi connectivity index (χ4n) is 11.4. The minimum Gasteiger partial charge on any atom is -0.507 e. The van der Waals surface area contributed by atoms with E-state index in [0.717, 1.165) is 0 Å². The zero-order chi connectivity index (χ0) is 59.9. The molecule has 0 heterocycles. The number of fused-ring (bicyclic) bond motifs is 8. The summed E-state index contributed by atoms with van der Waals surface area (Å²) in [6.45, 7) is 15.8. The van der Waals surface area contributed by atoms with Gasteiger partial charge in [-0.2, -0.15) is 0 Å². The summed E-state index contributed by atoms with van der Waals surface area (Å²) in [7, 11) is 0. The van der Waals surface area contributed by atoms with Gasteiger partial charge >= 0.3 is 0 Å². The van der Waals surface area contributed by atoms with Gasteiger partial charge in [-0.05, 0) is 150 Å². The molecule has 440 valence electrons. The van der Waals surface area contributed by atoms with Gasteiger partial charge in [0, 0.05) is 92.4 Å². The van der Waals surface area contributed by atoms with E-state index in [2.05, 4.69) is 0 Å². The van der Waals surface area contributed by atoms with E-state index < -0.39 is 23.7 Å². The van der Waals surface area contributed by atoms with Crippen LogP contribution in [0.3, 0.4) is 0 Å². The van der Waals surface area contributed by atoms with E-state index in [0.29, 0.717) is 50.1 Å². The molecule has 4 atom stereocenters. The third-order valence-electron chi connectivity index (χ3n) is 14.8. The standard InChI is InChI=1S/C68H72O16/c1-9-77-57-33-53(73)41-29-45(57)66(38-18-22-50(70)62(26-38)82-14-6)43-31-46(58(78-10-2)35-55(43)75)67(39-19-23-51(71)63(27-39)83-15-7)44-32-48(60(80-12-4)36-56(44)76)68(40-20-24-52(72)64(28-40)84-16-8)47-30-42(54(74)34-59(47)79-11-3)65(41)37-17-21-49(69)61(25-37)81-13-5/h17-36,65-76H,9-16H2,1-8H3. The summed E-state index contributed by atoms with van der Waals surface area (Å²) in [6.07, 6.45) is 0. The van der Waals surface area contributed by atoms with Crippen LogP contribution in [0.2, 0.25) is 0 Å². The van der Waals surface area contributed by atoms with Crippen LogP contribution in [0.1, 0.15) is 146 Å². The maximum atomic E-state index is 12.9. The first-order valence-electron chi connectivity index (χ1n) is 28.4. The molecule has 4 unspecified atom stereocenters.